The zero-order chi connectivity index (χ0) is 7.82. The molecule has 0 rings (SSSR count). The second-order valence-corrected chi connectivity index (χ2v) is 1.65. The van der Waals surface area contributed by atoms with E-state index >= 15 is 0 Å². The van der Waals surface area contributed by atoms with Crippen LogP contribution in [0.1, 0.15) is 12.8 Å². The second kappa shape index (κ2) is 5.74. The van der Waals surface area contributed by atoms with Crippen LogP contribution in [0.15, 0.2) is 4.99 Å². The van der Waals surface area contributed by atoms with Crippen molar-refractivity contribution in [1.82, 2.24) is 0 Å². The number of nitrogens with zero attached hydrogens (tertiary/aromatic N) is 1. The molecule has 0 N–H and O–H groups in total. The SMILES string of the molecule is C#CCCC(=O)CN=C=O. The molecule has 3 heteroatoms. The van der Waals surface area contributed by atoms with Gasteiger partial charge in [-0.25, -0.2) is 4.79 Å². The first-order chi connectivity index (χ1) is 4.81. The summed E-state index contributed by atoms with van der Waals surface area (Å²) in [5, 5.41) is 0. The Balaban J connectivity index is 3.46. The Hall–Kier alpha value is -1.39. The molecule has 0 spiro atoms. The number of carbonyl (C=O) groups excluding carboxylic acids is 2. The fraction of sp³-hybridized carbons (Fsp3) is 0.429. The van der Waals surface area contributed by atoms with Crippen molar-refractivity contribution in [3.8, 4) is 12.3 Å². The van der Waals surface area contributed by atoms with E-state index in [9.17, 15) is 9.59 Å². The summed E-state index contributed by atoms with van der Waals surface area (Å²) in [6.45, 7) is -0.0921. The van der Waals surface area contributed by atoms with Gasteiger partial charge in [0.15, 0.2) is 5.78 Å². The lowest BCUT2D eigenvalue weighted by Crippen LogP contribution is -2.00. The summed E-state index contributed by atoms with van der Waals surface area (Å²) in [6.07, 6.45) is 6.88. The van der Waals surface area contributed by atoms with E-state index in [1.807, 2.05) is 0 Å². The summed E-state index contributed by atoms with van der Waals surface area (Å²) >= 11 is 0. The number of carbonyl (C=O) groups is 1. The maximum absolute atomic E-state index is 10.6. The Bertz CT molecular complexity index is 196. The molecule has 0 aliphatic heterocycles. The van der Waals surface area contributed by atoms with Gasteiger partial charge in [0.05, 0.1) is 0 Å². The third-order valence-corrected chi connectivity index (χ3v) is 0.868. The van der Waals surface area contributed by atoms with Crippen LogP contribution in [0, 0.1) is 12.3 Å². The van der Waals surface area contributed by atoms with E-state index in [0.717, 1.165) is 0 Å². The van der Waals surface area contributed by atoms with Gasteiger partial charge in [0.1, 0.15) is 6.54 Å². The van der Waals surface area contributed by atoms with Crippen LogP contribution in [0.25, 0.3) is 0 Å². The molecule has 3 nitrogen and oxygen atoms in total. The van der Waals surface area contributed by atoms with E-state index < -0.39 is 0 Å². The van der Waals surface area contributed by atoms with Crippen LogP contribution in [0.4, 0.5) is 0 Å². The molecule has 0 radical (unpaired) electrons. The van der Waals surface area contributed by atoms with E-state index in [1.54, 1.807) is 0 Å². The number of aliphatic imine (C=N–C) groups is 1. The summed E-state index contributed by atoms with van der Waals surface area (Å²) in [4.78, 5) is 23.2. The van der Waals surface area contributed by atoms with Crippen molar-refractivity contribution in [2.75, 3.05) is 6.54 Å². The lowest BCUT2D eigenvalue weighted by atomic mass is 10.2. The topological polar surface area (TPSA) is 46.5 Å². The number of rotatable bonds is 4. The van der Waals surface area contributed by atoms with Crippen LogP contribution in [0.2, 0.25) is 0 Å². The predicted molar refractivity (Wildman–Crippen MR) is 36.1 cm³/mol. The number of isocyanates is 1. The van der Waals surface area contributed by atoms with Gasteiger partial charge < -0.3 is 0 Å². The van der Waals surface area contributed by atoms with Crippen LogP contribution in [-0.4, -0.2) is 18.4 Å². The second-order valence-electron chi connectivity index (χ2n) is 1.65. The largest absolute Gasteiger partial charge is 0.298 e. The molecule has 0 aliphatic carbocycles. The van der Waals surface area contributed by atoms with E-state index in [-0.39, 0.29) is 12.3 Å². The van der Waals surface area contributed by atoms with Crippen molar-refractivity contribution in [3.05, 3.63) is 0 Å². The van der Waals surface area contributed by atoms with Crippen molar-refractivity contribution < 1.29 is 9.59 Å². The average Bonchev–Trinajstić information content (AvgIpc) is 1.97. The first-order valence-electron chi connectivity index (χ1n) is 2.80. The van der Waals surface area contributed by atoms with Crippen LogP contribution in [0.3, 0.4) is 0 Å². The number of ketones is 1. The Morgan fingerprint density at radius 2 is 2.30 bits per heavy atom. The first kappa shape index (κ1) is 8.61. The van der Waals surface area contributed by atoms with Gasteiger partial charge in [-0.3, -0.25) is 4.79 Å². The molecule has 0 atom stereocenters. The van der Waals surface area contributed by atoms with E-state index in [2.05, 4.69) is 10.9 Å². The number of Topliss-reactive ketones (excluding diaryl/α,β-unsaturated/α-hetero) is 1. The van der Waals surface area contributed by atoms with Crippen LogP contribution in [-0.2, 0) is 9.59 Å². The highest BCUT2D eigenvalue weighted by Crippen LogP contribution is 1.88. The van der Waals surface area contributed by atoms with E-state index in [1.165, 1.54) is 6.08 Å². The molecular weight excluding hydrogens is 130 g/mol. The third-order valence-electron chi connectivity index (χ3n) is 0.868. The Morgan fingerprint density at radius 3 is 2.80 bits per heavy atom. The molecule has 0 aromatic carbocycles. The smallest absolute Gasteiger partial charge is 0.235 e. The van der Waals surface area contributed by atoms with Crippen LogP contribution in [0.5, 0.6) is 0 Å². The fourth-order valence-corrected chi connectivity index (χ4v) is 0.411. The van der Waals surface area contributed by atoms with Gasteiger partial charge >= 0.3 is 0 Å². The highest BCUT2D eigenvalue weighted by Gasteiger charge is 1.96. The molecular formula is C7H7NO2. The molecule has 0 heterocycles. The zero-order valence-corrected chi connectivity index (χ0v) is 5.46. The monoisotopic (exact) mass is 137 g/mol. The van der Waals surface area contributed by atoms with Crippen molar-refractivity contribution in [2.45, 2.75) is 12.8 Å². The molecule has 10 heavy (non-hydrogen) atoms. The van der Waals surface area contributed by atoms with E-state index in [0.29, 0.717) is 12.8 Å². The van der Waals surface area contributed by atoms with Gasteiger partial charge in [0.2, 0.25) is 6.08 Å². The molecule has 0 unspecified atom stereocenters. The molecule has 0 bridgehead atoms. The average molecular weight is 137 g/mol. The number of terminal acetylenes is 1. The minimum Gasteiger partial charge on any atom is -0.298 e. The minimum atomic E-state index is -0.124. The summed E-state index contributed by atoms with van der Waals surface area (Å²) in [5.74, 6) is 2.19. The van der Waals surface area contributed by atoms with Crippen LogP contribution >= 0.6 is 0 Å². The van der Waals surface area contributed by atoms with Crippen molar-refractivity contribution >= 4 is 11.9 Å². The quantitative estimate of drug-likeness (QED) is 0.318. The molecule has 0 aliphatic rings. The Kier molecular flexibility index (Phi) is 4.94. The summed E-state index contributed by atoms with van der Waals surface area (Å²) < 4.78 is 0. The van der Waals surface area contributed by atoms with Gasteiger partial charge in [-0.05, 0) is 0 Å². The Morgan fingerprint density at radius 1 is 1.60 bits per heavy atom. The lowest BCUT2D eigenvalue weighted by molar-refractivity contribution is -0.117. The molecule has 0 aromatic rings. The number of hydrogen-bond donors (Lipinski definition) is 0. The molecule has 52 valence electrons. The highest BCUT2D eigenvalue weighted by molar-refractivity contribution is 5.81. The van der Waals surface area contributed by atoms with Crippen LogP contribution < -0.4 is 0 Å². The highest BCUT2D eigenvalue weighted by atomic mass is 16.1. The normalized spacial score (nSPS) is 7.50. The van der Waals surface area contributed by atoms with Gasteiger partial charge in [-0.1, -0.05) is 0 Å². The maximum atomic E-state index is 10.6. The first-order valence-corrected chi connectivity index (χ1v) is 2.80. The van der Waals surface area contributed by atoms with Gasteiger partial charge in [0.25, 0.3) is 0 Å². The minimum absolute atomic E-state index is 0.0921. The third kappa shape index (κ3) is 4.76. The molecule has 0 fully saturated rings. The summed E-state index contributed by atoms with van der Waals surface area (Å²) in [5.41, 5.74) is 0. The van der Waals surface area contributed by atoms with Gasteiger partial charge in [-0.15, -0.1) is 12.3 Å². The summed E-state index contributed by atoms with van der Waals surface area (Å²) in [7, 11) is 0. The number of hydrogen-bond acceptors (Lipinski definition) is 3. The standard InChI is InChI=1S/C7H7NO2/c1-2-3-4-7(10)5-8-6-9/h1H,3-5H2. The van der Waals surface area contributed by atoms with E-state index in [4.69, 9.17) is 6.42 Å². The Labute approximate surface area is 59.1 Å². The van der Waals surface area contributed by atoms with Crippen molar-refractivity contribution in [1.29, 1.82) is 0 Å². The molecule has 0 saturated heterocycles. The van der Waals surface area contributed by atoms with Crippen molar-refractivity contribution in [3.63, 3.8) is 0 Å². The zero-order valence-electron chi connectivity index (χ0n) is 5.46. The summed E-state index contributed by atoms with van der Waals surface area (Å²) in [6, 6.07) is 0. The molecule has 0 aromatic heterocycles. The molecule has 0 saturated carbocycles. The van der Waals surface area contributed by atoms with Gasteiger partial charge in [-0.2, -0.15) is 4.99 Å². The fourth-order valence-electron chi connectivity index (χ4n) is 0.411. The molecule has 0 amide bonds. The van der Waals surface area contributed by atoms with Gasteiger partial charge in [0, 0.05) is 12.8 Å². The maximum Gasteiger partial charge on any atom is 0.235 e. The predicted octanol–water partition coefficient (Wildman–Crippen LogP) is 0.305. The lowest BCUT2D eigenvalue weighted by Gasteiger charge is -1.87. The van der Waals surface area contributed by atoms with Crippen molar-refractivity contribution in [2.24, 2.45) is 4.99 Å².